The van der Waals surface area contributed by atoms with Gasteiger partial charge in [0.2, 0.25) is 0 Å². The standard InChI is InChI=1S/C17H23FN2S3/c1-6-8-14(22-11(3)17(4,5)21-7-2)15-12(18)9-10-13-16(15)20-23-19-13/h8-11H,6-7H2,1-5H3/b14-8-/t11-/m0/s1. The molecule has 1 heterocycles. The lowest BCUT2D eigenvalue weighted by Crippen LogP contribution is -2.28. The smallest absolute Gasteiger partial charge is 0.133 e. The lowest BCUT2D eigenvalue weighted by atomic mass is 10.1. The Bertz CT molecular complexity index is 694. The van der Waals surface area contributed by atoms with Crippen molar-refractivity contribution in [2.24, 2.45) is 0 Å². The van der Waals surface area contributed by atoms with Crippen LogP contribution in [0.3, 0.4) is 0 Å². The zero-order valence-electron chi connectivity index (χ0n) is 14.2. The van der Waals surface area contributed by atoms with Gasteiger partial charge in [0, 0.05) is 14.9 Å². The lowest BCUT2D eigenvalue weighted by Gasteiger charge is -2.31. The Morgan fingerprint density at radius 1 is 1.35 bits per heavy atom. The molecule has 0 spiro atoms. The molecule has 2 nitrogen and oxygen atoms in total. The van der Waals surface area contributed by atoms with Crippen LogP contribution in [-0.2, 0) is 0 Å². The Kier molecular flexibility index (Phi) is 6.51. The van der Waals surface area contributed by atoms with Crippen LogP contribution in [0.15, 0.2) is 18.2 Å². The van der Waals surface area contributed by atoms with Crippen molar-refractivity contribution in [2.45, 2.75) is 51.0 Å². The minimum Gasteiger partial charge on any atom is -0.206 e. The molecule has 0 saturated carbocycles. The minimum absolute atomic E-state index is 0.122. The quantitative estimate of drug-likeness (QED) is 0.576. The second-order valence-corrected chi connectivity index (χ2v) is 9.66. The summed E-state index contributed by atoms with van der Waals surface area (Å²) in [4.78, 5) is 0.973. The number of nitrogens with zero attached hydrogens (tertiary/aromatic N) is 2. The molecular weight excluding hydrogens is 347 g/mol. The largest absolute Gasteiger partial charge is 0.206 e. The van der Waals surface area contributed by atoms with Gasteiger partial charge < -0.3 is 0 Å². The molecule has 1 atom stereocenters. The van der Waals surface area contributed by atoms with Gasteiger partial charge in [-0.05, 0) is 38.2 Å². The van der Waals surface area contributed by atoms with E-state index in [0.29, 0.717) is 16.3 Å². The van der Waals surface area contributed by atoms with Crippen LogP contribution in [0.4, 0.5) is 4.39 Å². The maximum atomic E-state index is 14.5. The Morgan fingerprint density at radius 2 is 2.09 bits per heavy atom. The number of hydrogen-bond acceptors (Lipinski definition) is 5. The fourth-order valence-corrected chi connectivity index (χ4v) is 5.39. The van der Waals surface area contributed by atoms with Gasteiger partial charge in [-0.25, -0.2) is 4.39 Å². The fourth-order valence-electron chi connectivity index (χ4n) is 2.28. The molecule has 0 radical (unpaired) electrons. The van der Waals surface area contributed by atoms with Crippen LogP contribution in [0.5, 0.6) is 0 Å². The molecule has 0 aliphatic heterocycles. The second kappa shape index (κ2) is 7.99. The van der Waals surface area contributed by atoms with Crippen molar-refractivity contribution in [1.29, 1.82) is 0 Å². The van der Waals surface area contributed by atoms with Crippen LogP contribution >= 0.6 is 35.3 Å². The molecule has 0 N–H and O–H groups in total. The zero-order chi connectivity index (χ0) is 17.0. The highest BCUT2D eigenvalue weighted by atomic mass is 32.2. The molecule has 1 aromatic carbocycles. The minimum atomic E-state index is -0.217. The number of aromatic nitrogens is 2. The number of hydrogen-bond donors (Lipinski definition) is 0. The number of fused-ring (bicyclic) bond motifs is 1. The molecule has 0 unspecified atom stereocenters. The highest BCUT2D eigenvalue weighted by molar-refractivity contribution is 8.10. The van der Waals surface area contributed by atoms with Gasteiger partial charge in [-0.1, -0.05) is 26.8 Å². The summed E-state index contributed by atoms with van der Waals surface area (Å²) < 4.78 is 23.2. The first-order valence-corrected chi connectivity index (χ1v) is 10.4. The lowest BCUT2D eigenvalue weighted by molar-refractivity contribution is 0.626. The Labute approximate surface area is 150 Å². The molecular formula is C17H23FN2S3. The first kappa shape index (κ1) is 18.7. The van der Waals surface area contributed by atoms with E-state index in [-0.39, 0.29) is 10.6 Å². The number of thioether (sulfide) groups is 2. The first-order chi connectivity index (χ1) is 10.9. The summed E-state index contributed by atoms with van der Waals surface area (Å²) in [6.45, 7) is 11.0. The molecule has 126 valence electrons. The number of allylic oxidation sites excluding steroid dienone is 1. The molecule has 0 bridgehead atoms. The van der Waals surface area contributed by atoms with Gasteiger partial charge in [-0.3, -0.25) is 0 Å². The average Bonchev–Trinajstić information content (AvgIpc) is 2.95. The maximum absolute atomic E-state index is 14.5. The van der Waals surface area contributed by atoms with Crippen LogP contribution < -0.4 is 0 Å². The predicted molar refractivity (Wildman–Crippen MR) is 105 cm³/mol. The molecule has 6 heteroatoms. The van der Waals surface area contributed by atoms with Crippen LogP contribution in [0.2, 0.25) is 0 Å². The Hall–Kier alpha value is -0.590. The summed E-state index contributed by atoms with van der Waals surface area (Å²) in [6.07, 6.45) is 2.97. The molecule has 1 aromatic heterocycles. The maximum Gasteiger partial charge on any atom is 0.133 e. The first-order valence-electron chi connectivity index (χ1n) is 7.82. The number of rotatable bonds is 7. The third-order valence-electron chi connectivity index (χ3n) is 3.81. The van der Waals surface area contributed by atoms with Crippen molar-refractivity contribution in [1.82, 2.24) is 8.75 Å². The normalized spacial score (nSPS) is 14.4. The van der Waals surface area contributed by atoms with E-state index in [2.05, 4.69) is 49.4 Å². The number of benzene rings is 1. The van der Waals surface area contributed by atoms with Gasteiger partial charge in [0.25, 0.3) is 0 Å². The molecule has 23 heavy (non-hydrogen) atoms. The van der Waals surface area contributed by atoms with Gasteiger partial charge in [-0.2, -0.15) is 20.5 Å². The molecule has 0 saturated heterocycles. The topological polar surface area (TPSA) is 25.8 Å². The summed E-state index contributed by atoms with van der Waals surface area (Å²) in [6, 6.07) is 3.20. The van der Waals surface area contributed by atoms with E-state index < -0.39 is 0 Å². The van der Waals surface area contributed by atoms with E-state index in [4.69, 9.17) is 0 Å². The van der Waals surface area contributed by atoms with Gasteiger partial charge in [-0.15, -0.1) is 11.8 Å². The second-order valence-electron chi connectivity index (χ2n) is 5.83. The SMILES string of the molecule is CC/C=C(\S[C@@H](C)C(C)(C)SCC)c1c(F)ccc2nsnc12. The van der Waals surface area contributed by atoms with E-state index >= 15 is 0 Å². The fraction of sp³-hybridized carbons (Fsp3) is 0.529. The van der Waals surface area contributed by atoms with E-state index in [0.717, 1.165) is 34.3 Å². The van der Waals surface area contributed by atoms with E-state index in [1.807, 2.05) is 11.8 Å². The molecule has 0 aliphatic rings. The van der Waals surface area contributed by atoms with Crippen LogP contribution in [0.1, 0.15) is 46.6 Å². The third-order valence-corrected chi connectivity index (χ3v) is 7.46. The highest BCUT2D eigenvalue weighted by Gasteiger charge is 2.28. The Balaban J connectivity index is 2.41. The van der Waals surface area contributed by atoms with Crippen molar-refractivity contribution >= 4 is 51.2 Å². The number of halogens is 1. The van der Waals surface area contributed by atoms with Gasteiger partial charge in [0.1, 0.15) is 16.9 Å². The van der Waals surface area contributed by atoms with Crippen molar-refractivity contribution < 1.29 is 4.39 Å². The van der Waals surface area contributed by atoms with Gasteiger partial charge >= 0.3 is 0 Å². The molecule has 0 amide bonds. The Morgan fingerprint density at radius 3 is 2.74 bits per heavy atom. The summed E-state index contributed by atoms with van der Waals surface area (Å²) in [7, 11) is 0. The van der Waals surface area contributed by atoms with Crippen LogP contribution in [-0.4, -0.2) is 24.5 Å². The summed E-state index contributed by atoms with van der Waals surface area (Å²) in [5.41, 5.74) is 2.05. The van der Waals surface area contributed by atoms with E-state index in [1.54, 1.807) is 17.8 Å². The zero-order valence-corrected chi connectivity index (χ0v) is 16.7. The molecule has 0 fully saturated rings. The van der Waals surface area contributed by atoms with Gasteiger partial charge in [0.05, 0.1) is 17.3 Å². The van der Waals surface area contributed by atoms with Crippen LogP contribution in [0.25, 0.3) is 15.9 Å². The van der Waals surface area contributed by atoms with Crippen molar-refractivity contribution in [3.63, 3.8) is 0 Å². The summed E-state index contributed by atoms with van der Waals surface area (Å²) in [5.74, 6) is 0.857. The van der Waals surface area contributed by atoms with E-state index in [1.165, 1.54) is 6.07 Å². The average molecular weight is 371 g/mol. The predicted octanol–water partition coefficient (Wildman–Crippen LogP) is 6.23. The molecule has 2 rings (SSSR count). The van der Waals surface area contributed by atoms with Crippen LogP contribution in [0, 0.1) is 5.82 Å². The summed E-state index contributed by atoms with van der Waals surface area (Å²) in [5, 5.41) is 0.353. The third kappa shape index (κ3) is 4.28. The van der Waals surface area contributed by atoms with Gasteiger partial charge in [0.15, 0.2) is 0 Å². The highest BCUT2D eigenvalue weighted by Crippen LogP contribution is 2.43. The van der Waals surface area contributed by atoms with E-state index in [9.17, 15) is 4.39 Å². The van der Waals surface area contributed by atoms with Crippen molar-refractivity contribution in [3.8, 4) is 0 Å². The molecule has 2 aromatic rings. The molecule has 0 aliphatic carbocycles. The van der Waals surface area contributed by atoms with Crippen molar-refractivity contribution in [2.75, 3.05) is 5.75 Å². The summed E-state index contributed by atoms with van der Waals surface area (Å²) >= 11 is 4.81. The van der Waals surface area contributed by atoms with Crippen molar-refractivity contribution in [3.05, 3.63) is 29.6 Å². The monoisotopic (exact) mass is 370 g/mol.